The maximum absolute atomic E-state index is 12.0. The predicted molar refractivity (Wildman–Crippen MR) is 133 cm³/mol. The van der Waals surface area contributed by atoms with Crippen LogP contribution in [0.2, 0.25) is 0 Å². The van der Waals surface area contributed by atoms with Crippen LogP contribution in [-0.4, -0.2) is 53.0 Å². The number of fused-ring (bicyclic) bond motifs is 1. The van der Waals surface area contributed by atoms with Gasteiger partial charge >= 0.3 is 5.97 Å². The fourth-order valence-corrected chi connectivity index (χ4v) is 4.31. The number of rotatable bonds is 8. The van der Waals surface area contributed by atoms with Crippen molar-refractivity contribution >= 4 is 17.0 Å². The van der Waals surface area contributed by atoms with Crippen molar-refractivity contribution in [3.8, 4) is 28.5 Å². The van der Waals surface area contributed by atoms with Crippen molar-refractivity contribution in [2.75, 3.05) is 6.61 Å². The first-order valence-corrected chi connectivity index (χ1v) is 11.5. The zero-order valence-electron chi connectivity index (χ0n) is 19.7. The van der Waals surface area contributed by atoms with Crippen molar-refractivity contribution in [1.82, 2.24) is 30.2 Å². The first-order chi connectivity index (χ1) is 17.5. The number of aromatic nitrogens is 6. The van der Waals surface area contributed by atoms with Crippen LogP contribution in [-0.2, 0) is 6.54 Å². The number of imidazole rings is 1. The molecule has 0 aliphatic carbocycles. The van der Waals surface area contributed by atoms with E-state index in [1.807, 2.05) is 55.5 Å². The number of aromatic amines is 1. The second kappa shape index (κ2) is 9.59. The first kappa shape index (κ1) is 23.2. The minimum Gasteiger partial charge on any atom is -0.478 e. The molecular weight excluding hydrogens is 460 g/mol. The molecule has 0 radical (unpaired) electrons. The van der Waals surface area contributed by atoms with Gasteiger partial charge in [0, 0.05) is 11.1 Å². The minimum atomic E-state index is -1.07. The van der Waals surface area contributed by atoms with Crippen molar-refractivity contribution in [2.24, 2.45) is 0 Å². The number of hydrogen-bond donors (Lipinski definition) is 3. The molecule has 0 aliphatic heterocycles. The number of aliphatic hydroxyl groups excluding tert-OH is 1. The number of nitrogens with one attached hydrogen (secondary N) is 1. The van der Waals surface area contributed by atoms with E-state index >= 15 is 0 Å². The van der Waals surface area contributed by atoms with Crippen LogP contribution in [0.25, 0.3) is 33.5 Å². The Morgan fingerprint density at radius 1 is 1.08 bits per heavy atom. The van der Waals surface area contributed by atoms with Crippen molar-refractivity contribution in [1.29, 1.82) is 0 Å². The van der Waals surface area contributed by atoms with E-state index in [-0.39, 0.29) is 5.56 Å². The molecule has 3 N–H and O–H groups in total. The van der Waals surface area contributed by atoms with E-state index < -0.39 is 12.1 Å². The second-order valence-electron chi connectivity index (χ2n) is 8.27. The third kappa shape index (κ3) is 4.18. The molecule has 2 aromatic heterocycles. The maximum atomic E-state index is 12.0. The summed E-state index contributed by atoms with van der Waals surface area (Å²) in [7, 11) is 0. The zero-order valence-corrected chi connectivity index (χ0v) is 19.7. The highest BCUT2D eigenvalue weighted by molar-refractivity contribution is 6.02. The Morgan fingerprint density at radius 2 is 1.83 bits per heavy atom. The average Bonchev–Trinajstić information content (AvgIpc) is 3.53. The van der Waals surface area contributed by atoms with Gasteiger partial charge in [-0.1, -0.05) is 54.6 Å². The number of tetrazole rings is 1. The normalized spacial score (nSPS) is 12.1. The third-order valence-electron chi connectivity index (χ3n) is 5.96. The van der Waals surface area contributed by atoms with E-state index in [0.29, 0.717) is 41.6 Å². The minimum absolute atomic E-state index is 0.0958. The van der Waals surface area contributed by atoms with Gasteiger partial charge in [0.25, 0.3) is 6.01 Å². The summed E-state index contributed by atoms with van der Waals surface area (Å²) in [6.45, 7) is 4.16. The Kier molecular flexibility index (Phi) is 6.17. The maximum Gasteiger partial charge on any atom is 0.337 e. The summed E-state index contributed by atoms with van der Waals surface area (Å²) >= 11 is 0. The summed E-state index contributed by atoms with van der Waals surface area (Å²) in [6.07, 6.45) is -0.813. The van der Waals surface area contributed by atoms with Crippen LogP contribution in [0, 0.1) is 0 Å². The van der Waals surface area contributed by atoms with Gasteiger partial charge in [0.1, 0.15) is 0 Å². The van der Waals surface area contributed by atoms with E-state index in [9.17, 15) is 15.0 Å². The Morgan fingerprint density at radius 3 is 2.47 bits per heavy atom. The van der Waals surface area contributed by atoms with Gasteiger partial charge in [-0.2, -0.15) is 10.2 Å². The zero-order chi connectivity index (χ0) is 25.2. The molecule has 36 heavy (non-hydrogen) atoms. The van der Waals surface area contributed by atoms with Crippen molar-refractivity contribution in [2.45, 2.75) is 26.5 Å². The van der Waals surface area contributed by atoms with Crippen LogP contribution in [0.1, 0.15) is 41.4 Å². The SMILES string of the molecule is CCOc1nc2c(C(C)O)ccc(C(=O)O)c2n1Cc1ccc(-c2ccccc2-c2nn[nH]n2)cc1. The van der Waals surface area contributed by atoms with Crippen LogP contribution in [0.3, 0.4) is 0 Å². The highest BCUT2D eigenvalue weighted by Crippen LogP contribution is 2.33. The molecule has 182 valence electrons. The number of ether oxygens (including phenoxy) is 1. The second-order valence-corrected chi connectivity index (χ2v) is 8.27. The van der Waals surface area contributed by atoms with Gasteiger partial charge < -0.3 is 14.9 Å². The first-order valence-electron chi connectivity index (χ1n) is 11.5. The molecule has 10 nitrogen and oxygen atoms in total. The molecule has 5 aromatic rings. The fourth-order valence-electron chi connectivity index (χ4n) is 4.31. The van der Waals surface area contributed by atoms with Crippen LogP contribution in [0.15, 0.2) is 60.7 Å². The van der Waals surface area contributed by atoms with Crippen molar-refractivity contribution in [3.63, 3.8) is 0 Å². The summed E-state index contributed by atoms with van der Waals surface area (Å²) in [5.74, 6) is -0.564. The molecule has 1 atom stereocenters. The molecule has 0 fully saturated rings. The molecule has 0 spiro atoms. The van der Waals surface area contributed by atoms with Gasteiger partial charge in [-0.25, -0.2) is 4.79 Å². The number of H-pyrrole nitrogens is 1. The molecule has 0 saturated heterocycles. The molecular formula is C26H24N6O4. The highest BCUT2D eigenvalue weighted by Gasteiger charge is 2.23. The number of carboxylic acids is 1. The van der Waals surface area contributed by atoms with Crippen LogP contribution in [0.4, 0.5) is 0 Å². The quantitative estimate of drug-likeness (QED) is 0.299. The summed E-state index contributed by atoms with van der Waals surface area (Å²) < 4.78 is 7.51. The van der Waals surface area contributed by atoms with Crippen LogP contribution >= 0.6 is 0 Å². The van der Waals surface area contributed by atoms with E-state index in [1.54, 1.807) is 17.6 Å². The topological polar surface area (TPSA) is 139 Å². The lowest BCUT2D eigenvalue weighted by Crippen LogP contribution is -2.08. The van der Waals surface area contributed by atoms with Gasteiger partial charge in [-0.15, -0.1) is 10.2 Å². The molecule has 0 saturated carbocycles. The molecule has 1 unspecified atom stereocenters. The number of aliphatic hydroxyl groups is 1. The lowest BCUT2D eigenvalue weighted by atomic mass is 9.98. The Labute approximate surface area is 206 Å². The fraction of sp³-hybridized carbons (Fsp3) is 0.192. The number of carboxylic acid groups (broad SMARTS) is 1. The van der Waals surface area contributed by atoms with Gasteiger partial charge in [0.05, 0.1) is 35.9 Å². The van der Waals surface area contributed by atoms with E-state index in [1.165, 1.54) is 6.07 Å². The number of hydrogen-bond acceptors (Lipinski definition) is 7. The molecule has 3 aromatic carbocycles. The van der Waals surface area contributed by atoms with Gasteiger partial charge in [-0.05, 0) is 41.8 Å². The summed E-state index contributed by atoms with van der Waals surface area (Å²) in [5, 5.41) is 34.4. The summed E-state index contributed by atoms with van der Waals surface area (Å²) in [4.78, 5) is 16.6. The molecule has 10 heteroatoms. The van der Waals surface area contributed by atoms with Crippen molar-refractivity contribution in [3.05, 3.63) is 77.4 Å². The predicted octanol–water partition coefficient (Wildman–Crippen LogP) is 4.08. The molecule has 0 bridgehead atoms. The van der Waals surface area contributed by atoms with Crippen LogP contribution in [0.5, 0.6) is 6.01 Å². The monoisotopic (exact) mass is 484 g/mol. The molecule has 0 amide bonds. The number of carbonyl (C=O) groups is 1. The van der Waals surface area contributed by atoms with Crippen LogP contribution < -0.4 is 4.74 Å². The third-order valence-corrected chi connectivity index (χ3v) is 5.96. The Balaban J connectivity index is 1.57. The van der Waals surface area contributed by atoms with Crippen molar-refractivity contribution < 1.29 is 19.7 Å². The summed E-state index contributed by atoms with van der Waals surface area (Å²) in [6, 6.07) is 19.1. The lowest BCUT2D eigenvalue weighted by Gasteiger charge is -2.13. The van der Waals surface area contributed by atoms with Gasteiger partial charge in [0.15, 0.2) is 0 Å². The van der Waals surface area contributed by atoms with E-state index in [2.05, 4.69) is 25.6 Å². The standard InChI is InChI=1S/C26H24N6O4/c1-3-36-26-27-22-18(15(2)33)12-13-21(25(34)35)23(22)32(26)14-16-8-10-17(11-9-16)19-6-4-5-7-20(19)24-28-30-31-29-24/h4-13,15,33H,3,14H2,1-2H3,(H,34,35)(H,28,29,30,31). The van der Waals surface area contributed by atoms with E-state index in [0.717, 1.165) is 22.3 Å². The smallest absolute Gasteiger partial charge is 0.337 e. The number of aromatic carboxylic acids is 1. The molecule has 5 rings (SSSR count). The molecule has 2 heterocycles. The number of benzene rings is 3. The Bertz CT molecular complexity index is 1520. The average molecular weight is 485 g/mol. The van der Waals surface area contributed by atoms with Gasteiger partial charge in [-0.3, -0.25) is 4.57 Å². The van der Waals surface area contributed by atoms with E-state index in [4.69, 9.17) is 4.74 Å². The Hall–Kier alpha value is -4.57. The lowest BCUT2D eigenvalue weighted by molar-refractivity contribution is 0.0698. The molecule has 0 aliphatic rings. The summed E-state index contributed by atoms with van der Waals surface area (Å²) in [5.41, 5.74) is 5.19. The van der Waals surface area contributed by atoms with Gasteiger partial charge in [0.2, 0.25) is 5.82 Å². The largest absolute Gasteiger partial charge is 0.478 e. The number of nitrogens with zero attached hydrogens (tertiary/aromatic N) is 5. The highest BCUT2D eigenvalue weighted by atomic mass is 16.5.